The molecule has 0 fully saturated rings. The quantitative estimate of drug-likeness (QED) is 0.314. The topological polar surface area (TPSA) is 0 Å². The standard InChI is InChI=1S/CH3Br.6Na.6H/c1-2;;;;;;;;;;;;/h1H3;;;;;;;;;;;;. The van der Waals surface area contributed by atoms with Crippen LogP contribution in [-0.2, 0) is 0 Å². The van der Waals surface area contributed by atoms with Crippen LogP contribution in [0.1, 0.15) is 0 Å². The van der Waals surface area contributed by atoms with E-state index in [9.17, 15) is 0 Å². The SMILES string of the molecule is CBr.[NaH].[NaH].[NaH].[NaH].[NaH].[NaH]. The summed E-state index contributed by atoms with van der Waals surface area (Å²) in [4.78, 5) is 0. The van der Waals surface area contributed by atoms with E-state index in [-0.39, 0.29) is 177 Å². The molecule has 0 amide bonds. The summed E-state index contributed by atoms with van der Waals surface area (Å²) >= 11 is 2.94. The van der Waals surface area contributed by atoms with Gasteiger partial charge in [-0.1, -0.05) is 15.9 Å². The fraction of sp³-hybridized carbons (Fsp3) is 1.00. The molecule has 0 aliphatic carbocycles. The molecule has 0 bridgehead atoms. The summed E-state index contributed by atoms with van der Waals surface area (Å²) < 4.78 is 0. The predicted octanol–water partition coefficient (Wildman–Crippen LogP) is -2.88. The van der Waals surface area contributed by atoms with Gasteiger partial charge in [0.15, 0.2) is 0 Å². The van der Waals surface area contributed by atoms with Crippen molar-refractivity contribution in [2.24, 2.45) is 0 Å². The maximum atomic E-state index is 2.94. The third-order valence-corrected chi connectivity index (χ3v) is 0. The first-order chi connectivity index (χ1) is 1.00. The van der Waals surface area contributed by atoms with Gasteiger partial charge in [0, 0.05) is 0 Å². The van der Waals surface area contributed by atoms with E-state index in [0.29, 0.717) is 0 Å². The molecular weight excluding hydrogens is 230 g/mol. The number of rotatable bonds is 0. The Bertz CT molecular complexity index is 8.49. The van der Waals surface area contributed by atoms with E-state index in [2.05, 4.69) is 15.9 Å². The predicted molar refractivity (Wildman–Crippen MR) is 57.7 cm³/mol. The molecule has 0 saturated carbocycles. The van der Waals surface area contributed by atoms with Crippen LogP contribution in [0.3, 0.4) is 0 Å². The van der Waals surface area contributed by atoms with Gasteiger partial charge in [0.2, 0.25) is 0 Å². The van der Waals surface area contributed by atoms with Crippen molar-refractivity contribution in [3.05, 3.63) is 0 Å². The molecule has 0 heterocycles. The van der Waals surface area contributed by atoms with Gasteiger partial charge in [0.25, 0.3) is 0 Å². The van der Waals surface area contributed by atoms with Crippen LogP contribution < -0.4 is 0 Å². The monoisotopic (exact) mass is 238 g/mol. The summed E-state index contributed by atoms with van der Waals surface area (Å²) in [6, 6.07) is 0. The molecule has 0 aromatic rings. The molecule has 8 heavy (non-hydrogen) atoms. The van der Waals surface area contributed by atoms with Gasteiger partial charge >= 0.3 is 177 Å². The van der Waals surface area contributed by atoms with Gasteiger partial charge in [-0.05, 0) is 5.83 Å². The van der Waals surface area contributed by atoms with E-state index in [1.54, 1.807) is 0 Å². The first-order valence-corrected chi connectivity index (χ1v) is 1.96. The number of hydrogen-bond acceptors (Lipinski definition) is 0. The van der Waals surface area contributed by atoms with Crippen molar-refractivity contribution >= 4 is 193 Å². The first kappa shape index (κ1) is 47.0. The zero-order valence-corrected chi connectivity index (χ0v) is 2.96. The molecule has 0 aliphatic heterocycles. The van der Waals surface area contributed by atoms with Gasteiger partial charge < -0.3 is 0 Å². The van der Waals surface area contributed by atoms with E-state index < -0.39 is 0 Å². The van der Waals surface area contributed by atoms with Gasteiger partial charge in [-0.2, -0.15) is 0 Å². The molecule has 0 nitrogen and oxygen atoms in total. The van der Waals surface area contributed by atoms with Crippen LogP contribution >= 0.6 is 15.9 Å². The molecule has 26 valence electrons. The minimum atomic E-state index is 0. The molecule has 0 N–H and O–H groups in total. The molecule has 0 aliphatic rings. The minimum absolute atomic E-state index is 0. The Labute approximate surface area is 193 Å². The second kappa shape index (κ2) is 50.0. The Morgan fingerprint density at radius 3 is 0.500 bits per heavy atom. The van der Waals surface area contributed by atoms with Gasteiger partial charge in [-0.15, -0.1) is 0 Å². The molecule has 0 unspecified atom stereocenters. The van der Waals surface area contributed by atoms with Crippen LogP contribution in [0.25, 0.3) is 0 Å². The summed E-state index contributed by atoms with van der Waals surface area (Å²) in [7, 11) is 0. The molecule has 0 spiro atoms. The average Bonchev–Trinajstić information content (AvgIpc) is 1.00. The Morgan fingerprint density at radius 1 is 0.500 bits per heavy atom. The van der Waals surface area contributed by atoms with Crippen LogP contribution in [0, 0.1) is 0 Å². The molecule has 0 aromatic carbocycles. The van der Waals surface area contributed by atoms with Gasteiger partial charge in [-0.25, -0.2) is 0 Å². The molecule has 0 saturated heterocycles. The van der Waals surface area contributed by atoms with Gasteiger partial charge in [0.05, 0.1) is 0 Å². The van der Waals surface area contributed by atoms with E-state index >= 15 is 0 Å². The second-order valence-corrected chi connectivity index (χ2v) is 0. The molecular formula is CH9BrNa6. The van der Waals surface area contributed by atoms with Crippen LogP contribution in [0.5, 0.6) is 0 Å². The third kappa shape index (κ3) is 39.2. The number of halogens is 1. The zero-order chi connectivity index (χ0) is 2.00. The van der Waals surface area contributed by atoms with Gasteiger partial charge in [0.1, 0.15) is 0 Å². The zero-order valence-electron chi connectivity index (χ0n) is 1.38. The van der Waals surface area contributed by atoms with Crippen molar-refractivity contribution in [1.29, 1.82) is 0 Å². The van der Waals surface area contributed by atoms with Crippen molar-refractivity contribution in [2.75, 3.05) is 5.83 Å². The van der Waals surface area contributed by atoms with Crippen LogP contribution in [-0.4, -0.2) is 183 Å². The molecule has 7 heteroatoms. The average molecular weight is 239 g/mol. The second-order valence-electron chi connectivity index (χ2n) is 0. The fourth-order valence-electron chi connectivity index (χ4n) is 0. The number of alkyl halides is 1. The maximum absolute atomic E-state index is 2.94. The normalized spacial score (nSPS) is 0.750. The van der Waals surface area contributed by atoms with E-state index in [1.807, 2.05) is 5.83 Å². The van der Waals surface area contributed by atoms with E-state index in [4.69, 9.17) is 0 Å². The first-order valence-electron chi connectivity index (χ1n) is 0.378. The summed E-state index contributed by atoms with van der Waals surface area (Å²) in [5.41, 5.74) is 0. The Hall–Kier alpha value is 6.48. The fourth-order valence-corrected chi connectivity index (χ4v) is 0. The number of hydrogen-bond donors (Lipinski definition) is 0. The van der Waals surface area contributed by atoms with E-state index in [1.165, 1.54) is 0 Å². The summed E-state index contributed by atoms with van der Waals surface area (Å²) in [5, 5.41) is 0. The van der Waals surface area contributed by atoms with Crippen LogP contribution in [0.15, 0.2) is 0 Å². The van der Waals surface area contributed by atoms with Crippen molar-refractivity contribution in [3.63, 3.8) is 0 Å². The summed E-state index contributed by atoms with van der Waals surface area (Å²) in [6.07, 6.45) is 0. The van der Waals surface area contributed by atoms with Crippen molar-refractivity contribution < 1.29 is 0 Å². The van der Waals surface area contributed by atoms with Crippen LogP contribution in [0.2, 0.25) is 0 Å². The van der Waals surface area contributed by atoms with Gasteiger partial charge in [-0.3, -0.25) is 0 Å². The van der Waals surface area contributed by atoms with Crippen LogP contribution in [0.4, 0.5) is 0 Å². The summed E-state index contributed by atoms with van der Waals surface area (Å²) in [5.74, 6) is 1.81. The molecule has 0 aromatic heterocycles. The van der Waals surface area contributed by atoms with Crippen molar-refractivity contribution in [2.45, 2.75) is 0 Å². The summed E-state index contributed by atoms with van der Waals surface area (Å²) in [6.45, 7) is 0. The molecule has 0 rings (SSSR count). The third-order valence-electron chi connectivity index (χ3n) is 0. The Balaban J connectivity index is -0.000000000333. The van der Waals surface area contributed by atoms with E-state index in [0.717, 1.165) is 0 Å². The molecule has 0 atom stereocenters. The Kier molecular flexibility index (Phi) is 294. The van der Waals surface area contributed by atoms with Crippen molar-refractivity contribution in [1.82, 2.24) is 0 Å². The van der Waals surface area contributed by atoms with Crippen molar-refractivity contribution in [3.8, 4) is 0 Å². The Morgan fingerprint density at radius 2 is 0.500 bits per heavy atom. The molecule has 0 radical (unpaired) electrons.